The van der Waals surface area contributed by atoms with Crippen molar-refractivity contribution in [2.24, 2.45) is 0 Å². The Bertz CT molecular complexity index is 505. The Labute approximate surface area is 139 Å². The maximum atomic E-state index is 12.5. The Kier molecular flexibility index (Phi) is 8.03. The molecular weight excluding hydrogens is 292 g/mol. The van der Waals surface area contributed by atoms with E-state index >= 15 is 0 Å². The molecule has 1 aromatic heterocycles. The van der Waals surface area contributed by atoms with Crippen LogP contribution in [0, 0.1) is 6.92 Å². The smallest absolute Gasteiger partial charge is 0.256 e. The van der Waals surface area contributed by atoms with E-state index in [2.05, 4.69) is 17.2 Å². The molecule has 0 saturated carbocycles. The van der Waals surface area contributed by atoms with Gasteiger partial charge in [-0.25, -0.2) is 4.98 Å². The van der Waals surface area contributed by atoms with Crippen molar-refractivity contribution in [3.8, 4) is 5.88 Å². The molecule has 0 spiro atoms. The van der Waals surface area contributed by atoms with Crippen LogP contribution in [0.1, 0.15) is 59.1 Å². The van der Waals surface area contributed by atoms with Gasteiger partial charge in [-0.2, -0.15) is 0 Å². The topological polar surface area (TPSA) is 60.5 Å². The molecule has 0 saturated heterocycles. The number of aromatic nitrogens is 1. The second-order valence-electron chi connectivity index (χ2n) is 5.87. The molecule has 1 atom stereocenters. The van der Waals surface area contributed by atoms with Gasteiger partial charge in [-0.05, 0) is 39.2 Å². The number of ether oxygens (including phenoxy) is 2. The number of hydrogen-bond acceptors (Lipinski definition) is 4. The SMILES string of the molecule is CCCCOc1ccc(NC(=O)[C@@](C)(CC)OCCC)c(C)n1. The molecule has 1 aromatic rings. The molecular formula is C18H30N2O3. The molecule has 0 aliphatic heterocycles. The van der Waals surface area contributed by atoms with Crippen LogP contribution < -0.4 is 10.1 Å². The molecule has 130 valence electrons. The highest BCUT2D eigenvalue weighted by Gasteiger charge is 2.32. The summed E-state index contributed by atoms with van der Waals surface area (Å²) in [6.07, 6.45) is 3.58. The van der Waals surface area contributed by atoms with Gasteiger partial charge in [-0.1, -0.05) is 27.2 Å². The van der Waals surface area contributed by atoms with E-state index in [1.807, 2.05) is 33.8 Å². The van der Waals surface area contributed by atoms with Gasteiger partial charge in [-0.15, -0.1) is 0 Å². The first-order valence-corrected chi connectivity index (χ1v) is 8.52. The number of nitrogens with one attached hydrogen (secondary N) is 1. The highest BCUT2D eigenvalue weighted by molar-refractivity contribution is 5.97. The van der Waals surface area contributed by atoms with Crippen molar-refractivity contribution in [3.63, 3.8) is 0 Å². The van der Waals surface area contributed by atoms with E-state index in [4.69, 9.17) is 9.47 Å². The zero-order chi connectivity index (χ0) is 17.3. The summed E-state index contributed by atoms with van der Waals surface area (Å²) in [5.41, 5.74) is 0.609. The van der Waals surface area contributed by atoms with E-state index in [0.717, 1.165) is 25.0 Å². The average Bonchev–Trinajstić information content (AvgIpc) is 2.55. The van der Waals surface area contributed by atoms with E-state index in [0.29, 0.717) is 31.2 Å². The minimum atomic E-state index is -0.821. The minimum absolute atomic E-state index is 0.141. The lowest BCUT2D eigenvalue weighted by Gasteiger charge is -2.27. The first-order chi connectivity index (χ1) is 11.0. The third kappa shape index (κ3) is 5.82. The molecule has 0 bridgehead atoms. The number of hydrogen-bond donors (Lipinski definition) is 1. The molecule has 1 rings (SSSR count). The molecule has 5 heteroatoms. The highest BCUT2D eigenvalue weighted by atomic mass is 16.5. The molecule has 5 nitrogen and oxygen atoms in total. The molecule has 1 amide bonds. The first-order valence-electron chi connectivity index (χ1n) is 8.52. The predicted octanol–water partition coefficient (Wildman–Crippen LogP) is 4.10. The number of anilines is 1. The summed E-state index contributed by atoms with van der Waals surface area (Å²) in [5.74, 6) is 0.451. The van der Waals surface area contributed by atoms with Crippen molar-refractivity contribution in [1.29, 1.82) is 0 Å². The zero-order valence-corrected chi connectivity index (χ0v) is 15.1. The van der Waals surface area contributed by atoms with Crippen LogP contribution in [0.4, 0.5) is 5.69 Å². The molecule has 0 aliphatic rings. The summed E-state index contributed by atoms with van der Waals surface area (Å²) in [6.45, 7) is 11.0. The van der Waals surface area contributed by atoms with Crippen LogP contribution >= 0.6 is 0 Å². The van der Waals surface area contributed by atoms with Crippen LogP contribution in [-0.4, -0.2) is 29.7 Å². The van der Waals surface area contributed by atoms with Gasteiger partial charge in [0.2, 0.25) is 5.88 Å². The Balaban J connectivity index is 2.74. The largest absolute Gasteiger partial charge is 0.478 e. The standard InChI is InChI=1S/C18H30N2O3/c1-6-9-13-22-16-11-10-15(14(4)19-16)20-17(21)18(5,8-3)23-12-7-2/h10-11H,6-9,12-13H2,1-5H3,(H,20,21)/t18-/m1/s1. The molecule has 1 heterocycles. The van der Waals surface area contributed by atoms with E-state index < -0.39 is 5.60 Å². The lowest BCUT2D eigenvalue weighted by molar-refractivity contribution is -0.139. The lowest BCUT2D eigenvalue weighted by atomic mass is 10.0. The van der Waals surface area contributed by atoms with Gasteiger partial charge in [0, 0.05) is 12.7 Å². The van der Waals surface area contributed by atoms with Gasteiger partial charge in [0.1, 0.15) is 5.60 Å². The third-order valence-corrected chi connectivity index (χ3v) is 3.84. The monoisotopic (exact) mass is 322 g/mol. The van der Waals surface area contributed by atoms with Crippen molar-refractivity contribution < 1.29 is 14.3 Å². The maximum Gasteiger partial charge on any atom is 0.256 e. The summed E-state index contributed by atoms with van der Waals surface area (Å²) in [6, 6.07) is 3.62. The van der Waals surface area contributed by atoms with Crippen molar-refractivity contribution >= 4 is 11.6 Å². The summed E-state index contributed by atoms with van der Waals surface area (Å²) in [5, 5.41) is 2.92. The number of nitrogens with zero attached hydrogens (tertiary/aromatic N) is 1. The highest BCUT2D eigenvalue weighted by Crippen LogP contribution is 2.22. The molecule has 0 fully saturated rings. The van der Waals surface area contributed by atoms with Crippen LogP contribution in [0.15, 0.2) is 12.1 Å². The Morgan fingerprint density at radius 3 is 2.52 bits per heavy atom. The van der Waals surface area contributed by atoms with Crippen LogP contribution in [-0.2, 0) is 9.53 Å². The number of aryl methyl sites for hydroxylation is 1. The van der Waals surface area contributed by atoms with Crippen molar-refractivity contribution in [1.82, 2.24) is 4.98 Å². The predicted molar refractivity (Wildman–Crippen MR) is 92.9 cm³/mol. The van der Waals surface area contributed by atoms with Crippen LogP contribution in [0.25, 0.3) is 0 Å². The van der Waals surface area contributed by atoms with E-state index in [1.165, 1.54) is 0 Å². The number of unbranched alkanes of at least 4 members (excludes halogenated alkanes) is 1. The van der Waals surface area contributed by atoms with E-state index in [-0.39, 0.29) is 5.91 Å². The van der Waals surface area contributed by atoms with Crippen molar-refractivity contribution in [3.05, 3.63) is 17.8 Å². The van der Waals surface area contributed by atoms with Crippen LogP contribution in [0.3, 0.4) is 0 Å². The van der Waals surface area contributed by atoms with Crippen LogP contribution in [0.2, 0.25) is 0 Å². The molecule has 23 heavy (non-hydrogen) atoms. The van der Waals surface area contributed by atoms with Gasteiger partial charge >= 0.3 is 0 Å². The van der Waals surface area contributed by atoms with Gasteiger partial charge < -0.3 is 14.8 Å². The third-order valence-electron chi connectivity index (χ3n) is 3.84. The summed E-state index contributed by atoms with van der Waals surface area (Å²) < 4.78 is 11.3. The minimum Gasteiger partial charge on any atom is -0.478 e. The Hall–Kier alpha value is -1.62. The van der Waals surface area contributed by atoms with E-state index in [1.54, 1.807) is 6.07 Å². The normalized spacial score (nSPS) is 13.4. The lowest BCUT2D eigenvalue weighted by Crippen LogP contribution is -2.42. The zero-order valence-electron chi connectivity index (χ0n) is 15.1. The second-order valence-corrected chi connectivity index (χ2v) is 5.87. The Morgan fingerprint density at radius 1 is 1.22 bits per heavy atom. The first kappa shape index (κ1) is 19.4. The number of pyridine rings is 1. The maximum absolute atomic E-state index is 12.5. The fourth-order valence-electron chi connectivity index (χ4n) is 1.98. The van der Waals surface area contributed by atoms with Crippen LogP contribution in [0.5, 0.6) is 5.88 Å². The molecule has 0 aromatic carbocycles. The van der Waals surface area contributed by atoms with Gasteiger partial charge in [0.05, 0.1) is 18.0 Å². The van der Waals surface area contributed by atoms with E-state index in [9.17, 15) is 4.79 Å². The van der Waals surface area contributed by atoms with Gasteiger partial charge in [-0.3, -0.25) is 4.79 Å². The van der Waals surface area contributed by atoms with Crippen molar-refractivity contribution in [2.75, 3.05) is 18.5 Å². The summed E-state index contributed by atoms with van der Waals surface area (Å²) >= 11 is 0. The quantitative estimate of drug-likeness (QED) is 0.659. The van der Waals surface area contributed by atoms with Gasteiger partial charge in [0.15, 0.2) is 0 Å². The molecule has 1 N–H and O–H groups in total. The fraction of sp³-hybridized carbons (Fsp3) is 0.667. The molecule has 0 unspecified atom stereocenters. The van der Waals surface area contributed by atoms with Gasteiger partial charge in [0.25, 0.3) is 5.91 Å². The average molecular weight is 322 g/mol. The number of carbonyl (C=O) groups is 1. The number of amides is 1. The summed E-state index contributed by atoms with van der Waals surface area (Å²) in [7, 11) is 0. The second kappa shape index (κ2) is 9.50. The summed E-state index contributed by atoms with van der Waals surface area (Å²) in [4.78, 5) is 16.9. The molecule has 0 radical (unpaired) electrons. The number of rotatable bonds is 10. The number of carbonyl (C=O) groups excluding carboxylic acids is 1. The molecule has 0 aliphatic carbocycles. The fourth-order valence-corrected chi connectivity index (χ4v) is 1.98. The Morgan fingerprint density at radius 2 is 1.96 bits per heavy atom. The van der Waals surface area contributed by atoms with Crippen molar-refractivity contribution in [2.45, 2.75) is 65.9 Å².